The van der Waals surface area contributed by atoms with Gasteiger partial charge in [-0.3, -0.25) is 10.1 Å². The van der Waals surface area contributed by atoms with Gasteiger partial charge in [0, 0.05) is 30.4 Å². The molecule has 10 heteroatoms. The molecule has 4 aliphatic heterocycles. The van der Waals surface area contributed by atoms with E-state index in [1.807, 2.05) is 51.1 Å². The molecule has 52 heavy (non-hydrogen) atoms. The number of aliphatic hydroxyl groups excluding tert-OH is 1. The first-order valence-electron chi connectivity index (χ1n) is 18.8. The highest BCUT2D eigenvalue weighted by Crippen LogP contribution is 2.47. The first kappa shape index (κ1) is 38.2. The summed E-state index contributed by atoms with van der Waals surface area (Å²) in [4.78, 5) is 27.6. The van der Waals surface area contributed by atoms with Crippen LogP contribution < -0.4 is 5.32 Å². The second-order valence-corrected chi connectivity index (χ2v) is 15.6. The Kier molecular flexibility index (Phi) is 11.3. The summed E-state index contributed by atoms with van der Waals surface area (Å²) < 4.78 is 31.9. The number of hydrogen-bond acceptors (Lipinski definition) is 9. The molecule has 0 aromatic heterocycles. The first-order chi connectivity index (χ1) is 24.7. The average molecular weight is 718 g/mol. The molecular weight excluding hydrogens is 662 g/mol. The fraction of sp³-hybridized carbons (Fsp3) is 0.571. The molecule has 1 amide bonds. The van der Waals surface area contributed by atoms with Crippen LogP contribution in [0.2, 0.25) is 0 Å². The third-order valence-electron chi connectivity index (χ3n) is 11.6. The minimum Gasteiger partial charge on any atom is -0.462 e. The summed E-state index contributed by atoms with van der Waals surface area (Å²) >= 11 is 0. The highest BCUT2D eigenvalue weighted by atomic mass is 16.7. The van der Waals surface area contributed by atoms with Crippen molar-refractivity contribution in [1.29, 1.82) is 0 Å². The predicted molar refractivity (Wildman–Crippen MR) is 197 cm³/mol. The molecule has 2 bridgehead atoms. The molecule has 4 heterocycles. The van der Waals surface area contributed by atoms with Crippen LogP contribution in [0.4, 0.5) is 10.5 Å². The van der Waals surface area contributed by atoms with Crippen molar-refractivity contribution in [3.05, 3.63) is 89.1 Å². The fourth-order valence-electron chi connectivity index (χ4n) is 8.19. The van der Waals surface area contributed by atoms with Crippen molar-refractivity contribution in [2.45, 2.75) is 122 Å². The number of benzene rings is 1. The second-order valence-electron chi connectivity index (χ2n) is 15.6. The highest BCUT2D eigenvalue weighted by molar-refractivity contribution is 5.85. The summed E-state index contributed by atoms with van der Waals surface area (Å²) in [5.74, 6) is -2.64. The Morgan fingerprint density at radius 3 is 2.54 bits per heavy atom. The second kappa shape index (κ2) is 15.4. The zero-order valence-electron chi connectivity index (χ0n) is 31.4. The van der Waals surface area contributed by atoms with E-state index in [1.54, 1.807) is 37.3 Å². The van der Waals surface area contributed by atoms with Gasteiger partial charge in [-0.05, 0) is 68.0 Å². The average Bonchev–Trinajstić information content (AvgIpc) is 3.45. The molecule has 0 radical (unpaired) electrons. The third kappa shape index (κ3) is 7.73. The molecule has 3 N–H and O–H groups in total. The zero-order valence-corrected chi connectivity index (χ0v) is 31.4. The predicted octanol–water partition coefficient (Wildman–Crippen LogP) is 6.87. The maximum atomic E-state index is 14.4. The molecule has 2 fully saturated rings. The van der Waals surface area contributed by atoms with Crippen molar-refractivity contribution in [3.8, 4) is 0 Å². The van der Waals surface area contributed by atoms with Crippen molar-refractivity contribution < 1.29 is 43.5 Å². The Hall–Kier alpha value is -3.54. The van der Waals surface area contributed by atoms with E-state index in [0.29, 0.717) is 29.7 Å². The van der Waals surface area contributed by atoms with Gasteiger partial charge < -0.3 is 33.9 Å². The number of amides is 1. The van der Waals surface area contributed by atoms with Crippen LogP contribution in [-0.4, -0.2) is 76.9 Å². The van der Waals surface area contributed by atoms with Gasteiger partial charge >= 0.3 is 12.1 Å². The first-order valence-corrected chi connectivity index (χ1v) is 18.8. The van der Waals surface area contributed by atoms with Crippen LogP contribution in [0.15, 0.2) is 83.5 Å². The van der Waals surface area contributed by atoms with Gasteiger partial charge in [-0.25, -0.2) is 4.79 Å². The molecule has 1 aromatic rings. The number of ether oxygens (including phenoxy) is 5. The van der Waals surface area contributed by atoms with Gasteiger partial charge in [-0.2, -0.15) is 0 Å². The van der Waals surface area contributed by atoms with E-state index in [1.165, 1.54) is 0 Å². The van der Waals surface area contributed by atoms with E-state index >= 15 is 0 Å². The number of anilines is 1. The minimum atomic E-state index is -1.88. The van der Waals surface area contributed by atoms with Crippen molar-refractivity contribution >= 4 is 17.7 Å². The number of fused-ring (bicyclic) bond motifs is 2. The van der Waals surface area contributed by atoms with E-state index in [9.17, 15) is 19.8 Å². The molecule has 1 aliphatic carbocycles. The fourth-order valence-corrected chi connectivity index (χ4v) is 8.19. The highest BCUT2D eigenvalue weighted by Gasteiger charge is 2.61. The van der Waals surface area contributed by atoms with E-state index in [-0.39, 0.29) is 43.0 Å². The number of aliphatic hydroxyl groups is 2. The SMILES string of the molecule is CC[C@H](C)[C@H]1O[C@]2(C=C[C@@H]1C)C[C@@H]1C[C@@H](C/C=C(\C)[C@@H](O)[C@@H](C)/C=C/C=C3\CO[C@@H]4[C@H](OC(=O)Nc5ccc(C)cc5)C(C)=C[C@@H](C(=O)O1)[C@]34O)O2. The Labute approximate surface area is 307 Å². The topological polar surface area (TPSA) is 133 Å². The molecule has 1 aromatic carbocycles. The van der Waals surface area contributed by atoms with Gasteiger partial charge in [-0.1, -0.05) is 88.3 Å². The molecule has 10 nitrogen and oxygen atoms in total. The number of carbonyl (C=O) groups is 2. The molecule has 0 unspecified atom stereocenters. The maximum absolute atomic E-state index is 14.4. The van der Waals surface area contributed by atoms with Gasteiger partial charge in [0.1, 0.15) is 23.7 Å². The molecule has 0 saturated carbocycles. The quantitative estimate of drug-likeness (QED) is 0.226. The minimum absolute atomic E-state index is 0.00197. The largest absolute Gasteiger partial charge is 0.462 e. The molecule has 5 aliphatic rings. The van der Waals surface area contributed by atoms with Crippen molar-refractivity contribution in [1.82, 2.24) is 0 Å². The smallest absolute Gasteiger partial charge is 0.412 e. The maximum Gasteiger partial charge on any atom is 0.412 e. The molecule has 1 spiro atoms. The number of rotatable bonds is 4. The van der Waals surface area contributed by atoms with Gasteiger partial charge in [-0.15, -0.1) is 0 Å². The summed E-state index contributed by atoms with van der Waals surface area (Å²) in [6, 6.07) is 7.32. The summed E-state index contributed by atoms with van der Waals surface area (Å²) in [6.07, 6.45) is 10.7. The van der Waals surface area contributed by atoms with Crippen LogP contribution in [0.1, 0.15) is 72.8 Å². The number of allylic oxidation sites excluding steroid dienone is 2. The van der Waals surface area contributed by atoms with Crippen molar-refractivity contribution in [2.75, 3.05) is 11.9 Å². The Bertz CT molecular complexity index is 1640. The van der Waals surface area contributed by atoms with E-state index in [0.717, 1.165) is 17.6 Å². The normalized spacial score (nSPS) is 41.0. The standard InChI is InChI=1S/C42H55NO9/c1-8-25(3)36-28(6)18-19-41(52-36)22-33-21-32(51-41)17-14-27(5)35(44)26(4)10-9-11-30-23-48-38-37(29(7)20-34(39(45)49-33)42(30,38)47)50-40(46)43-31-15-12-24(2)13-16-31/h9-16,18-20,25-26,28,32-38,44,47H,8,17,21-23H2,1-7H3,(H,43,46)/b10-9+,27-14+,30-11+/t25-,26-,28-,32+,33-,34-,35-,36+,37+,38+,41+,42+/m0/s1. The summed E-state index contributed by atoms with van der Waals surface area (Å²) in [7, 11) is 0. The Balaban J connectivity index is 1.35. The van der Waals surface area contributed by atoms with Crippen LogP contribution in [0.5, 0.6) is 0 Å². The lowest BCUT2D eigenvalue weighted by Gasteiger charge is -2.48. The van der Waals surface area contributed by atoms with Crippen LogP contribution in [0.3, 0.4) is 0 Å². The number of aryl methyl sites for hydroxylation is 1. The number of carbonyl (C=O) groups excluding carboxylic acids is 2. The molecule has 282 valence electrons. The Morgan fingerprint density at radius 2 is 1.81 bits per heavy atom. The number of hydrogen-bond donors (Lipinski definition) is 3. The molecule has 6 rings (SSSR count). The van der Waals surface area contributed by atoms with Gasteiger partial charge in [0.25, 0.3) is 0 Å². The lowest BCUT2D eigenvalue weighted by Crippen LogP contribution is -2.59. The van der Waals surface area contributed by atoms with Crippen LogP contribution in [-0.2, 0) is 28.5 Å². The molecular formula is C42H55NO9. The van der Waals surface area contributed by atoms with Crippen LogP contribution >= 0.6 is 0 Å². The lowest BCUT2D eigenvalue weighted by atomic mass is 9.70. The number of esters is 1. The lowest BCUT2D eigenvalue weighted by molar-refractivity contribution is -0.300. The Morgan fingerprint density at radius 1 is 1.06 bits per heavy atom. The van der Waals surface area contributed by atoms with Crippen LogP contribution in [0.25, 0.3) is 0 Å². The van der Waals surface area contributed by atoms with E-state index < -0.39 is 53.8 Å². The summed E-state index contributed by atoms with van der Waals surface area (Å²) in [6.45, 7) is 14.0. The van der Waals surface area contributed by atoms with Crippen LogP contribution in [0, 0.1) is 30.6 Å². The molecule has 12 atom stereocenters. The van der Waals surface area contributed by atoms with Crippen molar-refractivity contribution in [3.63, 3.8) is 0 Å². The van der Waals surface area contributed by atoms with E-state index in [4.69, 9.17) is 23.7 Å². The molecule has 2 saturated heterocycles. The van der Waals surface area contributed by atoms with Gasteiger partial charge in [0.2, 0.25) is 0 Å². The van der Waals surface area contributed by atoms with Gasteiger partial charge in [0.05, 0.1) is 24.9 Å². The van der Waals surface area contributed by atoms with Crippen molar-refractivity contribution in [2.24, 2.45) is 23.7 Å². The van der Waals surface area contributed by atoms with E-state index in [2.05, 4.69) is 32.2 Å². The summed E-state index contributed by atoms with van der Waals surface area (Å²) in [5.41, 5.74) is 1.53. The third-order valence-corrected chi connectivity index (χ3v) is 11.6. The summed E-state index contributed by atoms with van der Waals surface area (Å²) in [5, 5.41) is 26.6. The monoisotopic (exact) mass is 717 g/mol. The number of nitrogens with one attached hydrogen (secondary N) is 1. The zero-order chi connectivity index (χ0) is 37.4. The van der Waals surface area contributed by atoms with Gasteiger partial charge in [0.15, 0.2) is 11.9 Å².